The van der Waals surface area contributed by atoms with Crippen LogP contribution in [0.2, 0.25) is 0 Å². The highest BCUT2D eigenvalue weighted by Gasteiger charge is 2.32. The number of hydrogen-bond donors (Lipinski definition) is 0. The molecule has 152 valence electrons. The zero-order valence-corrected chi connectivity index (χ0v) is 16.7. The molecule has 1 amide bonds. The van der Waals surface area contributed by atoms with Crippen LogP contribution in [0.15, 0.2) is 48.5 Å². The van der Waals surface area contributed by atoms with Gasteiger partial charge in [-0.25, -0.2) is 0 Å². The first-order valence-electron chi connectivity index (χ1n) is 10.1. The highest BCUT2D eigenvalue weighted by Crippen LogP contribution is 2.33. The molecule has 0 N–H and O–H groups in total. The van der Waals surface area contributed by atoms with Crippen molar-refractivity contribution >= 4 is 17.3 Å². The molecule has 1 unspecified atom stereocenters. The van der Waals surface area contributed by atoms with E-state index in [1.165, 1.54) is 6.07 Å². The standard InChI is InChI=1S/C22H26N4O3/c1-23-13-14-25(21(16-23)17-7-3-2-4-8-17)22(27)18-9-10-19(20(15-18)26(28)29)24-11-5-6-12-24/h2-4,7-10,15,21H,5-6,11-14,16H2,1H3. The number of anilines is 1. The van der Waals surface area contributed by atoms with Gasteiger partial charge in [-0.1, -0.05) is 30.3 Å². The summed E-state index contributed by atoms with van der Waals surface area (Å²) in [6.45, 7) is 3.76. The molecule has 0 aromatic heterocycles. The lowest BCUT2D eigenvalue weighted by Gasteiger charge is -2.40. The lowest BCUT2D eigenvalue weighted by atomic mass is 10.0. The van der Waals surface area contributed by atoms with Gasteiger partial charge < -0.3 is 14.7 Å². The predicted molar refractivity (Wildman–Crippen MR) is 112 cm³/mol. The van der Waals surface area contributed by atoms with E-state index in [0.29, 0.717) is 17.8 Å². The van der Waals surface area contributed by atoms with Gasteiger partial charge in [0.2, 0.25) is 0 Å². The summed E-state index contributed by atoms with van der Waals surface area (Å²) in [5.74, 6) is -0.150. The number of nitro benzene ring substituents is 1. The predicted octanol–water partition coefficient (Wildman–Crippen LogP) is 3.32. The maximum absolute atomic E-state index is 13.4. The van der Waals surface area contributed by atoms with Crippen molar-refractivity contribution in [3.05, 3.63) is 69.8 Å². The van der Waals surface area contributed by atoms with Gasteiger partial charge in [0.1, 0.15) is 5.69 Å². The molecule has 0 bridgehead atoms. The molecule has 2 fully saturated rings. The Hall–Kier alpha value is -2.93. The monoisotopic (exact) mass is 394 g/mol. The second-order valence-corrected chi connectivity index (χ2v) is 7.84. The quantitative estimate of drug-likeness (QED) is 0.588. The van der Waals surface area contributed by atoms with Crippen molar-refractivity contribution in [1.29, 1.82) is 0 Å². The molecular formula is C22H26N4O3. The molecule has 7 nitrogen and oxygen atoms in total. The average Bonchev–Trinajstić information content (AvgIpc) is 3.28. The molecular weight excluding hydrogens is 368 g/mol. The summed E-state index contributed by atoms with van der Waals surface area (Å²) < 4.78 is 0. The Morgan fingerprint density at radius 2 is 1.76 bits per heavy atom. The highest BCUT2D eigenvalue weighted by atomic mass is 16.6. The number of likely N-dealkylation sites (N-methyl/N-ethyl adjacent to an activating group) is 1. The number of nitrogens with zero attached hydrogens (tertiary/aromatic N) is 4. The molecule has 29 heavy (non-hydrogen) atoms. The maximum Gasteiger partial charge on any atom is 0.293 e. The summed E-state index contributed by atoms with van der Waals surface area (Å²) in [6.07, 6.45) is 2.08. The Labute approximate surface area is 170 Å². The summed E-state index contributed by atoms with van der Waals surface area (Å²) >= 11 is 0. The molecule has 2 aromatic rings. The number of amides is 1. The molecule has 2 heterocycles. The van der Waals surface area contributed by atoms with Crippen LogP contribution in [-0.2, 0) is 0 Å². The third-order valence-electron chi connectivity index (χ3n) is 5.89. The zero-order valence-electron chi connectivity index (χ0n) is 16.7. The van der Waals surface area contributed by atoms with Crippen molar-refractivity contribution in [2.45, 2.75) is 18.9 Å². The molecule has 7 heteroatoms. The summed E-state index contributed by atoms with van der Waals surface area (Å²) in [6, 6.07) is 14.8. The van der Waals surface area contributed by atoms with Crippen molar-refractivity contribution in [2.75, 3.05) is 44.7 Å². The molecule has 0 aliphatic carbocycles. The Bertz CT molecular complexity index is 896. The SMILES string of the molecule is CN1CCN(C(=O)c2ccc(N3CCCC3)c([N+](=O)[O-])c2)C(c2ccccc2)C1. The van der Waals surface area contributed by atoms with E-state index >= 15 is 0 Å². The van der Waals surface area contributed by atoms with Gasteiger partial charge in [-0.3, -0.25) is 14.9 Å². The minimum absolute atomic E-state index is 0.0168. The molecule has 0 spiro atoms. The van der Waals surface area contributed by atoms with Crippen molar-refractivity contribution in [3.8, 4) is 0 Å². The van der Waals surface area contributed by atoms with Crippen LogP contribution in [0.4, 0.5) is 11.4 Å². The minimum Gasteiger partial charge on any atom is -0.366 e. The average molecular weight is 394 g/mol. The normalized spacial score (nSPS) is 20.1. The number of piperazine rings is 1. The van der Waals surface area contributed by atoms with E-state index in [2.05, 4.69) is 4.90 Å². The molecule has 2 aliphatic rings. The first-order valence-corrected chi connectivity index (χ1v) is 10.1. The van der Waals surface area contributed by atoms with Crippen molar-refractivity contribution < 1.29 is 9.72 Å². The lowest BCUT2D eigenvalue weighted by molar-refractivity contribution is -0.384. The Morgan fingerprint density at radius 3 is 2.45 bits per heavy atom. The van der Waals surface area contributed by atoms with Gasteiger partial charge in [-0.15, -0.1) is 0 Å². The second-order valence-electron chi connectivity index (χ2n) is 7.84. The molecule has 2 aromatic carbocycles. The zero-order chi connectivity index (χ0) is 20.4. The number of carbonyl (C=O) groups is 1. The third kappa shape index (κ3) is 3.96. The molecule has 0 radical (unpaired) electrons. The van der Waals surface area contributed by atoms with Gasteiger partial charge in [-0.05, 0) is 37.6 Å². The van der Waals surface area contributed by atoms with E-state index in [-0.39, 0.29) is 22.6 Å². The molecule has 2 aliphatic heterocycles. The van der Waals surface area contributed by atoms with Crippen LogP contribution < -0.4 is 4.90 Å². The second kappa shape index (κ2) is 8.21. The largest absolute Gasteiger partial charge is 0.366 e. The molecule has 4 rings (SSSR count). The van der Waals surface area contributed by atoms with Gasteiger partial charge in [0, 0.05) is 44.4 Å². The van der Waals surface area contributed by atoms with Gasteiger partial charge in [0.15, 0.2) is 0 Å². The van der Waals surface area contributed by atoms with E-state index in [1.807, 2.05) is 47.2 Å². The van der Waals surface area contributed by atoms with E-state index in [0.717, 1.165) is 44.6 Å². The molecule has 0 saturated carbocycles. The fourth-order valence-corrected chi connectivity index (χ4v) is 4.32. The summed E-state index contributed by atoms with van der Waals surface area (Å²) in [4.78, 5) is 30.8. The van der Waals surface area contributed by atoms with Crippen molar-refractivity contribution in [2.24, 2.45) is 0 Å². The Balaban J connectivity index is 1.65. The first kappa shape index (κ1) is 19.4. The van der Waals surface area contributed by atoms with Gasteiger partial charge in [0.05, 0.1) is 11.0 Å². The lowest BCUT2D eigenvalue weighted by Crippen LogP contribution is -2.49. The molecule has 2 saturated heterocycles. The van der Waals surface area contributed by atoms with Gasteiger partial charge >= 0.3 is 0 Å². The fourth-order valence-electron chi connectivity index (χ4n) is 4.32. The number of hydrogen-bond acceptors (Lipinski definition) is 5. The van der Waals surface area contributed by atoms with Crippen LogP contribution in [0.1, 0.15) is 34.8 Å². The van der Waals surface area contributed by atoms with Crippen LogP contribution in [0.25, 0.3) is 0 Å². The van der Waals surface area contributed by atoms with Crippen LogP contribution in [0.3, 0.4) is 0 Å². The fraction of sp³-hybridized carbons (Fsp3) is 0.409. The van der Waals surface area contributed by atoms with Crippen LogP contribution in [-0.4, -0.2) is 60.4 Å². The highest BCUT2D eigenvalue weighted by molar-refractivity contribution is 5.96. The van der Waals surface area contributed by atoms with E-state index in [9.17, 15) is 14.9 Å². The van der Waals surface area contributed by atoms with Crippen LogP contribution >= 0.6 is 0 Å². The first-order chi connectivity index (χ1) is 14.0. The minimum atomic E-state index is -0.372. The number of nitro groups is 1. The van der Waals surface area contributed by atoms with E-state index in [1.54, 1.807) is 12.1 Å². The van der Waals surface area contributed by atoms with Crippen molar-refractivity contribution in [3.63, 3.8) is 0 Å². The Kier molecular flexibility index (Phi) is 5.49. The van der Waals surface area contributed by atoms with Gasteiger partial charge in [0.25, 0.3) is 11.6 Å². The topological polar surface area (TPSA) is 69.9 Å². The van der Waals surface area contributed by atoms with Gasteiger partial charge in [-0.2, -0.15) is 0 Å². The summed E-state index contributed by atoms with van der Waals surface area (Å²) in [5, 5.41) is 11.7. The molecule has 1 atom stereocenters. The Morgan fingerprint density at radius 1 is 1.03 bits per heavy atom. The summed E-state index contributed by atoms with van der Waals surface area (Å²) in [5.41, 5.74) is 2.09. The summed E-state index contributed by atoms with van der Waals surface area (Å²) in [7, 11) is 2.05. The van der Waals surface area contributed by atoms with E-state index < -0.39 is 0 Å². The maximum atomic E-state index is 13.4. The smallest absolute Gasteiger partial charge is 0.293 e. The number of benzene rings is 2. The van der Waals surface area contributed by atoms with Crippen LogP contribution in [0.5, 0.6) is 0 Å². The van der Waals surface area contributed by atoms with Crippen LogP contribution in [0, 0.1) is 10.1 Å². The third-order valence-corrected chi connectivity index (χ3v) is 5.89. The number of carbonyl (C=O) groups excluding carboxylic acids is 1. The number of rotatable bonds is 4. The van der Waals surface area contributed by atoms with Crippen molar-refractivity contribution in [1.82, 2.24) is 9.80 Å². The van der Waals surface area contributed by atoms with E-state index in [4.69, 9.17) is 0 Å².